The van der Waals surface area contributed by atoms with E-state index < -0.39 is 17.7 Å². The Hall–Kier alpha value is -1.14. The summed E-state index contributed by atoms with van der Waals surface area (Å²) in [5.74, 6) is -1.15. The summed E-state index contributed by atoms with van der Waals surface area (Å²) in [5, 5.41) is 0. The highest BCUT2D eigenvalue weighted by Gasteiger charge is 2.30. The van der Waals surface area contributed by atoms with Crippen LogP contribution in [-0.2, 0) is 4.79 Å². The van der Waals surface area contributed by atoms with E-state index >= 15 is 0 Å². The summed E-state index contributed by atoms with van der Waals surface area (Å²) in [6, 6.07) is 3.66. The molecule has 1 amide bonds. The number of nitrogens with zero attached hydrogens (tertiary/aromatic N) is 1. The summed E-state index contributed by atoms with van der Waals surface area (Å²) < 4.78 is 27.4. The van der Waals surface area contributed by atoms with Crippen LogP contribution in [0.4, 0.5) is 8.78 Å². The van der Waals surface area contributed by atoms with Crippen molar-refractivity contribution in [1.29, 1.82) is 0 Å². The smallest absolute Gasteiger partial charge is 0.239 e. The van der Waals surface area contributed by atoms with Crippen molar-refractivity contribution in [3.8, 4) is 0 Å². The van der Waals surface area contributed by atoms with Gasteiger partial charge in [0.15, 0.2) is 11.6 Å². The van der Waals surface area contributed by atoms with Crippen LogP contribution >= 0.6 is 11.8 Å². The highest BCUT2D eigenvalue weighted by Crippen LogP contribution is 2.29. The van der Waals surface area contributed by atoms with Gasteiger partial charge in [-0.05, 0) is 30.7 Å². The zero-order chi connectivity index (χ0) is 15.4. The molecule has 0 bridgehead atoms. The average Bonchev–Trinajstić information content (AvgIpc) is 2.61. The van der Waals surface area contributed by atoms with Crippen molar-refractivity contribution in [3.05, 3.63) is 35.4 Å². The molecule has 1 aliphatic rings. The molecule has 2 unspecified atom stereocenters. The lowest BCUT2D eigenvalue weighted by Crippen LogP contribution is -2.43. The van der Waals surface area contributed by atoms with Gasteiger partial charge < -0.3 is 10.6 Å². The average molecular weight is 314 g/mol. The second-order valence-corrected chi connectivity index (χ2v) is 6.29. The van der Waals surface area contributed by atoms with Crippen molar-refractivity contribution < 1.29 is 13.6 Å². The molecule has 2 rings (SSSR count). The monoisotopic (exact) mass is 314 g/mol. The second-order valence-electron chi connectivity index (χ2n) is 5.30. The molecule has 2 N–H and O–H groups in total. The van der Waals surface area contributed by atoms with Crippen molar-refractivity contribution >= 4 is 17.7 Å². The Kier molecular flexibility index (Phi) is 5.58. The zero-order valence-electron chi connectivity index (χ0n) is 12.0. The van der Waals surface area contributed by atoms with Crippen molar-refractivity contribution in [2.24, 2.45) is 5.73 Å². The highest BCUT2D eigenvalue weighted by atomic mass is 32.2. The predicted molar refractivity (Wildman–Crippen MR) is 81.3 cm³/mol. The minimum atomic E-state index is -0.844. The molecule has 0 saturated carbocycles. The number of nitrogens with two attached hydrogens (primary N) is 1. The Balaban J connectivity index is 2.23. The third-order valence-corrected chi connectivity index (χ3v) is 4.47. The molecular formula is C15H20F2N2OS. The van der Waals surface area contributed by atoms with Crippen LogP contribution in [0, 0.1) is 11.6 Å². The summed E-state index contributed by atoms with van der Waals surface area (Å²) in [6.07, 6.45) is 3.05. The molecule has 0 aliphatic carbocycles. The number of carbonyl (C=O) groups is 1. The van der Waals surface area contributed by atoms with Gasteiger partial charge in [0.2, 0.25) is 5.91 Å². The molecule has 6 heteroatoms. The number of amides is 1. The van der Waals surface area contributed by atoms with Crippen LogP contribution < -0.4 is 5.73 Å². The minimum Gasteiger partial charge on any atom is -0.340 e. The predicted octanol–water partition coefficient (Wildman–Crippen LogP) is 2.36. The van der Waals surface area contributed by atoms with Crippen LogP contribution in [-0.4, -0.2) is 41.9 Å². The lowest BCUT2D eigenvalue weighted by atomic mass is 9.93. The van der Waals surface area contributed by atoms with Crippen molar-refractivity contribution in [3.63, 3.8) is 0 Å². The Bertz CT molecular complexity index is 512. The first kappa shape index (κ1) is 16.2. The fourth-order valence-electron chi connectivity index (χ4n) is 2.68. The number of halogens is 2. The second kappa shape index (κ2) is 7.22. The molecule has 116 valence electrons. The highest BCUT2D eigenvalue weighted by molar-refractivity contribution is 7.98. The van der Waals surface area contributed by atoms with Gasteiger partial charge in [-0.3, -0.25) is 4.79 Å². The van der Waals surface area contributed by atoms with E-state index in [1.165, 1.54) is 6.07 Å². The summed E-state index contributed by atoms with van der Waals surface area (Å²) in [7, 11) is 0. The van der Waals surface area contributed by atoms with Gasteiger partial charge >= 0.3 is 0 Å². The Morgan fingerprint density at radius 2 is 2.14 bits per heavy atom. The van der Waals surface area contributed by atoms with E-state index in [1.54, 1.807) is 22.7 Å². The van der Waals surface area contributed by atoms with Crippen molar-refractivity contribution in [1.82, 2.24) is 4.90 Å². The zero-order valence-corrected chi connectivity index (χ0v) is 12.8. The topological polar surface area (TPSA) is 46.3 Å². The number of hydrogen-bond donors (Lipinski definition) is 1. The van der Waals surface area contributed by atoms with Gasteiger partial charge in [0.1, 0.15) is 0 Å². The number of benzene rings is 1. The summed E-state index contributed by atoms with van der Waals surface area (Å²) in [4.78, 5) is 13.9. The number of rotatable bonds is 4. The molecule has 0 aromatic heterocycles. The quantitative estimate of drug-likeness (QED) is 0.928. The first-order chi connectivity index (χ1) is 10.0. The maximum atomic E-state index is 14.0. The van der Waals surface area contributed by atoms with Crippen LogP contribution in [0.2, 0.25) is 0 Å². The van der Waals surface area contributed by atoms with E-state index in [9.17, 15) is 13.6 Å². The molecule has 0 radical (unpaired) electrons. The van der Waals surface area contributed by atoms with Gasteiger partial charge in [0.25, 0.3) is 0 Å². The molecule has 21 heavy (non-hydrogen) atoms. The fraction of sp³-hybridized carbons (Fsp3) is 0.533. The first-order valence-corrected chi connectivity index (χ1v) is 8.41. The standard InChI is InChI=1S/C15H20F2N2OS/c1-21-8-7-19-9-10(5-6-13(18)15(19)20)11-3-2-4-12(16)14(11)17/h2-4,10,13H,5-9,18H2,1H3. The van der Waals surface area contributed by atoms with E-state index in [4.69, 9.17) is 5.73 Å². The van der Waals surface area contributed by atoms with Crippen LogP contribution in [0.1, 0.15) is 24.3 Å². The van der Waals surface area contributed by atoms with Crippen LogP contribution in [0.25, 0.3) is 0 Å². The molecule has 1 heterocycles. The molecule has 2 atom stereocenters. The molecule has 3 nitrogen and oxygen atoms in total. The third-order valence-electron chi connectivity index (χ3n) is 3.88. The van der Waals surface area contributed by atoms with Gasteiger partial charge in [0.05, 0.1) is 6.04 Å². The number of hydrogen-bond acceptors (Lipinski definition) is 3. The minimum absolute atomic E-state index is 0.0941. The maximum Gasteiger partial charge on any atom is 0.239 e. The first-order valence-electron chi connectivity index (χ1n) is 7.01. The lowest BCUT2D eigenvalue weighted by molar-refractivity contribution is -0.131. The van der Waals surface area contributed by atoms with Gasteiger partial charge in [-0.15, -0.1) is 0 Å². The normalized spacial score (nSPS) is 23.2. The van der Waals surface area contributed by atoms with Gasteiger partial charge in [-0.1, -0.05) is 12.1 Å². The molecule has 1 aromatic rings. The van der Waals surface area contributed by atoms with E-state index in [-0.39, 0.29) is 11.8 Å². The molecule has 0 spiro atoms. The van der Waals surface area contributed by atoms with Crippen LogP contribution in [0.3, 0.4) is 0 Å². The summed E-state index contributed by atoms with van der Waals surface area (Å²) in [6.45, 7) is 0.981. The van der Waals surface area contributed by atoms with E-state index in [2.05, 4.69) is 0 Å². The molecule has 1 aromatic carbocycles. The Morgan fingerprint density at radius 1 is 1.38 bits per heavy atom. The number of carbonyl (C=O) groups excluding carboxylic acids is 1. The van der Waals surface area contributed by atoms with Gasteiger partial charge in [0, 0.05) is 24.8 Å². The van der Waals surface area contributed by atoms with Crippen LogP contribution in [0.15, 0.2) is 18.2 Å². The van der Waals surface area contributed by atoms with Gasteiger partial charge in [-0.25, -0.2) is 8.78 Å². The molecule has 1 aliphatic heterocycles. The molecular weight excluding hydrogens is 294 g/mol. The van der Waals surface area contributed by atoms with Crippen LogP contribution in [0.5, 0.6) is 0 Å². The molecule has 1 fully saturated rings. The lowest BCUT2D eigenvalue weighted by Gasteiger charge is -2.25. The summed E-state index contributed by atoms with van der Waals surface area (Å²) >= 11 is 1.64. The van der Waals surface area contributed by atoms with Crippen molar-refractivity contribution in [2.45, 2.75) is 24.8 Å². The third kappa shape index (κ3) is 3.74. The molecule has 1 saturated heterocycles. The maximum absolute atomic E-state index is 14.0. The number of likely N-dealkylation sites (tertiary alicyclic amines) is 1. The van der Waals surface area contributed by atoms with E-state index in [0.29, 0.717) is 31.5 Å². The largest absolute Gasteiger partial charge is 0.340 e. The van der Waals surface area contributed by atoms with E-state index in [0.717, 1.165) is 11.8 Å². The Morgan fingerprint density at radius 3 is 2.86 bits per heavy atom. The van der Waals surface area contributed by atoms with E-state index in [1.807, 2.05) is 6.26 Å². The van der Waals surface area contributed by atoms with Gasteiger partial charge in [-0.2, -0.15) is 11.8 Å². The SMILES string of the molecule is CSCCN1CC(c2cccc(F)c2F)CCC(N)C1=O. The number of thioether (sulfide) groups is 1. The summed E-state index contributed by atoms with van der Waals surface area (Å²) in [5.41, 5.74) is 6.22. The Labute approximate surface area is 127 Å². The fourth-order valence-corrected chi connectivity index (χ4v) is 3.08. The van der Waals surface area contributed by atoms with Crippen molar-refractivity contribution in [2.75, 3.05) is 25.1 Å².